The van der Waals surface area contributed by atoms with Crippen LogP contribution in [-0.2, 0) is 16.6 Å². The molecule has 0 spiro atoms. The third-order valence-corrected chi connectivity index (χ3v) is 4.91. The fourth-order valence-corrected chi connectivity index (χ4v) is 3.47. The second kappa shape index (κ2) is 5.59. The zero-order chi connectivity index (χ0) is 14.8. The molecule has 108 valence electrons. The highest BCUT2D eigenvalue weighted by molar-refractivity contribution is 7.89. The Labute approximate surface area is 117 Å². The summed E-state index contributed by atoms with van der Waals surface area (Å²) in [6, 6.07) is 3.39. The van der Waals surface area contributed by atoms with Crippen molar-refractivity contribution in [2.75, 3.05) is 5.73 Å². The highest BCUT2D eigenvalue weighted by Gasteiger charge is 2.30. The van der Waals surface area contributed by atoms with Crippen molar-refractivity contribution < 1.29 is 8.42 Å². The van der Waals surface area contributed by atoms with Gasteiger partial charge in [0.1, 0.15) is 10.7 Å². The molecule has 0 aliphatic heterocycles. The van der Waals surface area contributed by atoms with Gasteiger partial charge in [-0.2, -0.15) is 9.40 Å². The van der Waals surface area contributed by atoms with Crippen molar-refractivity contribution in [1.82, 2.24) is 19.5 Å². The van der Waals surface area contributed by atoms with E-state index in [1.54, 1.807) is 18.5 Å². The minimum Gasteiger partial charge on any atom is -0.383 e. The second-order valence-electron chi connectivity index (χ2n) is 4.65. The summed E-state index contributed by atoms with van der Waals surface area (Å²) in [4.78, 5) is 3.99. The zero-order valence-corrected chi connectivity index (χ0v) is 12.1. The fourth-order valence-electron chi connectivity index (χ4n) is 1.83. The van der Waals surface area contributed by atoms with Crippen LogP contribution >= 0.6 is 0 Å². The molecule has 0 saturated carbocycles. The predicted molar refractivity (Wildman–Crippen MR) is 75.1 cm³/mol. The molecule has 2 aromatic heterocycles. The molecule has 2 rings (SSSR count). The highest BCUT2D eigenvalue weighted by atomic mass is 32.2. The van der Waals surface area contributed by atoms with E-state index in [4.69, 9.17) is 5.73 Å². The highest BCUT2D eigenvalue weighted by Crippen LogP contribution is 2.23. The number of anilines is 1. The van der Waals surface area contributed by atoms with E-state index in [2.05, 4.69) is 15.2 Å². The molecule has 2 heterocycles. The smallest absolute Gasteiger partial charge is 0.248 e. The lowest BCUT2D eigenvalue weighted by atomic mass is 10.2. The number of rotatable bonds is 5. The number of nitrogens with one attached hydrogen (secondary N) is 1. The van der Waals surface area contributed by atoms with E-state index < -0.39 is 10.0 Å². The van der Waals surface area contributed by atoms with E-state index in [1.807, 2.05) is 19.9 Å². The van der Waals surface area contributed by atoms with Crippen LogP contribution in [0, 0.1) is 0 Å². The van der Waals surface area contributed by atoms with Crippen molar-refractivity contribution in [3.8, 4) is 0 Å². The molecule has 0 atom stereocenters. The molecule has 0 unspecified atom stereocenters. The number of H-pyrrole nitrogens is 1. The molecule has 0 aromatic carbocycles. The number of nitrogens with two attached hydrogens (primary N) is 1. The molecule has 0 bridgehead atoms. The van der Waals surface area contributed by atoms with Crippen LogP contribution in [0.15, 0.2) is 35.6 Å². The molecular formula is C12H17N5O2S. The molecule has 0 fully saturated rings. The first-order valence-electron chi connectivity index (χ1n) is 6.12. The van der Waals surface area contributed by atoms with Crippen molar-refractivity contribution in [3.63, 3.8) is 0 Å². The van der Waals surface area contributed by atoms with Crippen molar-refractivity contribution >= 4 is 15.8 Å². The monoisotopic (exact) mass is 295 g/mol. The first kappa shape index (κ1) is 14.5. The Bertz CT molecular complexity index is 666. The van der Waals surface area contributed by atoms with Crippen LogP contribution in [-0.4, -0.2) is 33.9 Å². The van der Waals surface area contributed by atoms with Crippen molar-refractivity contribution in [3.05, 3.63) is 36.3 Å². The fraction of sp³-hybridized carbons (Fsp3) is 0.333. The third-order valence-electron chi connectivity index (χ3n) is 2.86. The number of aromatic nitrogens is 3. The first-order chi connectivity index (χ1) is 9.43. The van der Waals surface area contributed by atoms with Crippen LogP contribution in [0.25, 0.3) is 0 Å². The van der Waals surface area contributed by atoms with E-state index in [0.717, 1.165) is 5.56 Å². The summed E-state index contributed by atoms with van der Waals surface area (Å²) in [7, 11) is -3.70. The maximum Gasteiger partial charge on any atom is 0.248 e. The van der Waals surface area contributed by atoms with Crippen LogP contribution < -0.4 is 5.73 Å². The molecule has 7 nitrogen and oxygen atoms in total. The average molecular weight is 295 g/mol. The molecule has 0 aliphatic carbocycles. The molecule has 20 heavy (non-hydrogen) atoms. The lowest BCUT2D eigenvalue weighted by molar-refractivity contribution is 0.348. The predicted octanol–water partition coefficient (Wildman–Crippen LogP) is 0.986. The summed E-state index contributed by atoms with van der Waals surface area (Å²) >= 11 is 0. The van der Waals surface area contributed by atoms with Gasteiger partial charge in [-0.1, -0.05) is 6.07 Å². The standard InChI is InChI=1S/C12H17N5O2S/c1-9(2)17(8-10-4-3-5-14-6-10)20(18,19)11-7-15-16-12(11)13/h3-7,9H,8H2,1-2H3,(H3,13,15,16). The Morgan fingerprint density at radius 2 is 2.15 bits per heavy atom. The van der Waals surface area contributed by atoms with Gasteiger partial charge in [0, 0.05) is 25.0 Å². The quantitative estimate of drug-likeness (QED) is 0.855. The summed E-state index contributed by atoms with van der Waals surface area (Å²) < 4.78 is 26.6. The summed E-state index contributed by atoms with van der Waals surface area (Å²) in [5.74, 6) is 0.0434. The van der Waals surface area contributed by atoms with E-state index in [0.29, 0.717) is 0 Å². The average Bonchev–Trinajstić information content (AvgIpc) is 2.83. The summed E-state index contributed by atoms with van der Waals surface area (Å²) in [6.45, 7) is 3.85. The Kier molecular flexibility index (Phi) is 4.05. The van der Waals surface area contributed by atoms with Crippen LogP contribution in [0.1, 0.15) is 19.4 Å². The largest absolute Gasteiger partial charge is 0.383 e. The van der Waals surface area contributed by atoms with E-state index in [-0.39, 0.29) is 23.3 Å². The molecule has 0 amide bonds. The van der Waals surface area contributed by atoms with Crippen molar-refractivity contribution in [2.24, 2.45) is 0 Å². The lowest BCUT2D eigenvalue weighted by Crippen LogP contribution is -2.36. The molecule has 0 aliphatic rings. The number of pyridine rings is 1. The van der Waals surface area contributed by atoms with Gasteiger partial charge in [0.05, 0.1) is 6.20 Å². The minimum absolute atomic E-state index is 0.00455. The zero-order valence-electron chi connectivity index (χ0n) is 11.3. The summed E-state index contributed by atoms with van der Waals surface area (Å²) in [6.07, 6.45) is 4.51. The molecule has 2 aromatic rings. The minimum atomic E-state index is -3.70. The number of nitrogen functional groups attached to an aromatic ring is 1. The maximum absolute atomic E-state index is 12.6. The van der Waals surface area contributed by atoms with Crippen LogP contribution in [0.4, 0.5) is 5.82 Å². The Morgan fingerprint density at radius 1 is 1.40 bits per heavy atom. The van der Waals surface area contributed by atoms with Gasteiger partial charge in [0.15, 0.2) is 0 Å². The maximum atomic E-state index is 12.6. The lowest BCUT2D eigenvalue weighted by Gasteiger charge is -2.25. The molecule has 8 heteroatoms. The van der Waals surface area contributed by atoms with E-state index in [9.17, 15) is 8.42 Å². The van der Waals surface area contributed by atoms with Gasteiger partial charge in [0.25, 0.3) is 0 Å². The van der Waals surface area contributed by atoms with Gasteiger partial charge < -0.3 is 5.73 Å². The van der Waals surface area contributed by atoms with Crippen LogP contribution in [0.5, 0.6) is 0 Å². The summed E-state index contributed by atoms with van der Waals surface area (Å²) in [5.41, 5.74) is 6.43. The van der Waals surface area contributed by atoms with Gasteiger partial charge in [-0.25, -0.2) is 8.42 Å². The molecule has 0 radical (unpaired) electrons. The number of aromatic amines is 1. The van der Waals surface area contributed by atoms with Gasteiger partial charge >= 0.3 is 0 Å². The normalized spacial score (nSPS) is 12.2. The van der Waals surface area contributed by atoms with E-state index in [1.165, 1.54) is 10.5 Å². The van der Waals surface area contributed by atoms with Crippen molar-refractivity contribution in [2.45, 2.75) is 31.3 Å². The SMILES string of the molecule is CC(C)N(Cc1cccnc1)S(=O)(=O)c1cn[nH]c1N. The van der Waals surface area contributed by atoms with Gasteiger partial charge in [-0.05, 0) is 25.5 Å². The molecule has 3 N–H and O–H groups in total. The number of nitrogens with zero attached hydrogens (tertiary/aromatic N) is 3. The van der Waals surface area contributed by atoms with Gasteiger partial charge in [0.2, 0.25) is 10.0 Å². The van der Waals surface area contributed by atoms with Gasteiger partial charge in [-0.3, -0.25) is 10.1 Å². The third kappa shape index (κ3) is 2.81. The van der Waals surface area contributed by atoms with Gasteiger partial charge in [-0.15, -0.1) is 0 Å². The van der Waals surface area contributed by atoms with E-state index >= 15 is 0 Å². The number of hydrogen-bond acceptors (Lipinski definition) is 5. The van der Waals surface area contributed by atoms with Crippen LogP contribution in [0.3, 0.4) is 0 Å². The topological polar surface area (TPSA) is 105 Å². The Morgan fingerprint density at radius 3 is 2.65 bits per heavy atom. The molecule has 0 saturated heterocycles. The summed E-state index contributed by atoms with van der Waals surface area (Å²) in [5, 5.41) is 6.11. The van der Waals surface area contributed by atoms with Crippen LogP contribution in [0.2, 0.25) is 0 Å². The first-order valence-corrected chi connectivity index (χ1v) is 7.56. The second-order valence-corrected chi connectivity index (χ2v) is 6.51. The number of sulfonamides is 1. The van der Waals surface area contributed by atoms with Crippen molar-refractivity contribution in [1.29, 1.82) is 0 Å². The Balaban J connectivity index is 2.37. The molecular weight excluding hydrogens is 278 g/mol. The Hall–Kier alpha value is -1.93. The number of hydrogen-bond donors (Lipinski definition) is 2.